The summed E-state index contributed by atoms with van der Waals surface area (Å²) >= 11 is 0. The van der Waals surface area contributed by atoms with E-state index in [1.807, 2.05) is 6.92 Å². The van der Waals surface area contributed by atoms with Gasteiger partial charge in [0.05, 0.1) is 4.90 Å². The molecule has 1 fully saturated rings. The zero-order valence-corrected chi connectivity index (χ0v) is 13.6. The number of hydrogen-bond donors (Lipinski definition) is 2. The van der Waals surface area contributed by atoms with Gasteiger partial charge in [0.1, 0.15) is 0 Å². The van der Waals surface area contributed by atoms with Crippen molar-refractivity contribution in [1.82, 2.24) is 4.72 Å². The van der Waals surface area contributed by atoms with Gasteiger partial charge in [0.15, 0.2) is 0 Å². The predicted molar refractivity (Wildman–Crippen MR) is 82.4 cm³/mol. The second kappa shape index (κ2) is 5.42. The van der Waals surface area contributed by atoms with Crippen molar-refractivity contribution < 1.29 is 13.2 Å². The van der Waals surface area contributed by atoms with E-state index in [9.17, 15) is 13.2 Å². The van der Waals surface area contributed by atoms with Crippen LogP contribution in [0.25, 0.3) is 0 Å². The molecule has 2 unspecified atom stereocenters. The van der Waals surface area contributed by atoms with Crippen LogP contribution in [-0.2, 0) is 14.8 Å². The third kappa shape index (κ3) is 4.28. The molecule has 1 aliphatic rings. The molecule has 0 aromatic heterocycles. The van der Waals surface area contributed by atoms with Crippen LogP contribution in [0.1, 0.15) is 34.1 Å². The molecule has 116 valence electrons. The second-order valence-electron chi connectivity index (χ2n) is 6.69. The van der Waals surface area contributed by atoms with Gasteiger partial charge in [0, 0.05) is 17.1 Å². The minimum absolute atomic E-state index is 0.0409. The van der Waals surface area contributed by atoms with E-state index in [4.69, 9.17) is 0 Å². The van der Waals surface area contributed by atoms with Gasteiger partial charge in [-0.3, -0.25) is 4.79 Å². The molecule has 0 spiro atoms. The van der Waals surface area contributed by atoms with Gasteiger partial charge in [-0.15, -0.1) is 0 Å². The number of anilines is 1. The Labute approximate surface area is 126 Å². The predicted octanol–water partition coefficient (Wildman–Crippen LogP) is 2.36. The number of rotatable bonds is 4. The summed E-state index contributed by atoms with van der Waals surface area (Å²) in [6.07, 6.45) is 0.898. The molecule has 1 aromatic rings. The quantitative estimate of drug-likeness (QED) is 0.896. The van der Waals surface area contributed by atoms with Crippen LogP contribution in [0.3, 0.4) is 0 Å². The normalized spacial score (nSPS) is 21.9. The largest absolute Gasteiger partial charge is 0.326 e. The maximum Gasteiger partial charge on any atom is 0.241 e. The Morgan fingerprint density at radius 1 is 1.29 bits per heavy atom. The zero-order valence-electron chi connectivity index (χ0n) is 12.8. The SMILES string of the molecule is CC1CC1C(=O)Nc1cccc(S(=O)(=O)NC(C)(C)C)c1. The van der Waals surface area contributed by atoms with Gasteiger partial charge in [0.2, 0.25) is 15.9 Å². The first kappa shape index (κ1) is 16.0. The van der Waals surface area contributed by atoms with Crippen molar-refractivity contribution in [2.45, 2.75) is 44.6 Å². The smallest absolute Gasteiger partial charge is 0.241 e. The highest BCUT2D eigenvalue weighted by atomic mass is 32.2. The number of benzene rings is 1. The molecule has 5 nitrogen and oxygen atoms in total. The Morgan fingerprint density at radius 2 is 1.90 bits per heavy atom. The number of nitrogens with one attached hydrogen (secondary N) is 2. The Balaban J connectivity index is 2.16. The highest BCUT2D eigenvalue weighted by Crippen LogP contribution is 2.38. The molecule has 21 heavy (non-hydrogen) atoms. The zero-order chi connectivity index (χ0) is 15.8. The molecule has 1 saturated carbocycles. The Kier molecular flexibility index (Phi) is 4.13. The van der Waals surface area contributed by atoms with E-state index in [2.05, 4.69) is 10.0 Å². The molecule has 0 heterocycles. The summed E-state index contributed by atoms with van der Waals surface area (Å²) in [4.78, 5) is 12.1. The van der Waals surface area contributed by atoms with Gasteiger partial charge in [-0.25, -0.2) is 13.1 Å². The van der Waals surface area contributed by atoms with Gasteiger partial charge in [-0.2, -0.15) is 0 Å². The number of amides is 1. The van der Waals surface area contributed by atoms with Crippen LogP contribution in [-0.4, -0.2) is 19.9 Å². The summed E-state index contributed by atoms with van der Waals surface area (Å²) in [5.41, 5.74) is -0.0440. The van der Waals surface area contributed by atoms with Crippen molar-refractivity contribution in [2.24, 2.45) is 11.8 Å². The summed E-state index contributed by atoms with van der Waals surface area (Å²) in [5, 5.41) is 2.78. The van der Waals surface area contributed by atoms with Crippen LogP contribution >= 0.6 is 0 Å². The number of hydrogen-bond acceptors (Lipinski definition) is 3. The van der Waals surface area contributed by atoms with Crippen molar-refractivity contribution in [3.8, 4) is 0 Å². The average Bonchev–Trinajstić information content (AvgIpc) is 3.04. The monoisotopic (exact) mass is 310 g/mol. The van der Waals surface area contributed by atoms with E-state index >= 15 is 0 Å². The van der Waals surface area contributed by atoms with Crippen molar-refractivity contribution in [3.05, 3.63) is 24.3 Å². The maximum atomic E-state index is 12.3. The van der Waals surface area contributed by atoms with Crippen LogP contribution < -0.4 is 10.0 Å². The van der Waals surface area contributed by atoms with E-state index in [1.54, 1.807) is 32.9 Å². The topological polar surface area (TPSA) is 75.3 Å². The summed E-state index contributed by atoms with van der Waals surface area (Å²) < 4.78 is 27.1. The summed E-state index contributed by atoms with van der Waals surface area (Å²) in [5.74, 6) is 0.429. The standard InChI is InChI=1S/C15H22N2O3S/c1-10-8-13(10)14(18)16-11-6-5-7-12(9-11)21(19,20)17-15(2,3)4/h5-7,9-10,13,17H,8H2,1-4H3,(H,16,18). The molecule has 1 amide bonds. The van der Waals surface area contributed by atoms with E-state index in [1.165, 1.54) is 12.1 Å². The number of carbonyl (C=O) groups excluding carboxylic acids is 1. The van der Waals surface area contributed by atoms with Crippen LogP contribution in [0.5, 0.6) is 0 Å². The van der Waals surface area contributed by atoms with Gasteiger partial charge in [-0.1, -0.05) is 13.0 Å². The van der Waals surface area contributed by atoms with Crippen molar-refractivity contribution in [2.75, 3.05) is 5.32 Å². The molecule has 2 N–H and O–H groups in total. The summed E-state index contributed by atoms with van der Waals surface area (Å²) in [6, 6.07) is 6.33. The van der Waals surface area contributed by atoms with Crippen LogP contribution in [0.4, 0.5) is 5.69 Å². The first-order valence-electron chi connectivity index (χ1n) is 7.03. The van der Waals surface area contributed by atoms with Gasteiger partial charge in [0.25, 0.3) is 0 Å². The van der Waals surface area contributed by atoms with Gasteiger partial charge >= 0.3 is 0 Å². The highest BCUT2D eigenvalue weighted by Gasteiger charge is 2.39. The second-order valence-corrected chi connectivity index (χ2v) is 8.37. The average molecular weight is 310 g/mol. The van der Waals surface area contributed by atoms with Crippen LogP contribution in [0.2, 0.25) is 0 Å². The summed E-state index contributed by atoms with van der Waals surface area (Å²) in [7, 11) is -3.59. The van der Waals surface area contributed by atoms with Crippen LogP contribution in [0, 0.1) is 11.8 Å². The minimum Gasteiger partial charge on any atom is -0.326 e. The molecule has 1 aromatic carbocycles. The molecular formula is C15H22N2O3S. The molecule has 2 rings (SSSR count). The molecule has 2 atom stereocenters. The lowest BCUT2D eigenvalue weighted by molar-refractivity contribution is -0.117. The maximum absolute atomic E-state index is 12.3. The number of carbonyl (C=O) groups is 1. The third-order valence-electron chi connectivity index (χ3n) is 3.30. The molecule has 0 bridgehead atoms. The molecular weight excluding hydrogens is 288 g/mol. The van der Waals surface area contributed by atoms with Crippen molar-refractivity contribution in [1.29, 1.82) is 0 Å². The van der Waals surface area contributed by atoms with Gasteiger partial charge in [-0.05, 0) is 51.3 Å². The van der Waals surface area contributed by atoms with E-state index in [-0.39, 0.29) is 16.7 Å². The molecule has 0 saturated heterocycles. The fourth-order valence-electron chi connectivity index (χ4n) is 2.13. The van der Waals surface area contributed by atoms with Crippen molar-refractivity contribution in [3.63, 3.8) is 0 Å². The third-order valence-corrected chi connectivity index (χ3v) is 5.05. The van der Waals surface area contributed by atoms with E-state index in [0.29, 0.717) is 11.6 Å². The Bertz CT molecular complexity index is 647. The molecule has 0 radical (unpaired) electrons. The molecule has 0 aliphatic heterocycles. The Hall–Kier alpha value is -1.40. The van der Waals surface area contributed by atoms with Gasteiger partial charge < -0.3 is 5.32 Å². The number of sulfonamides is 1. The Morgan fingerprint density at radius 3 is 2.43 bits per heavy atom. The fraction of sp³-hybridized carbons (Fsp3) is 0.533. The molecule has 6 heteroatoms. The van der Waals surface area contributed by atoms with Crippen molar-refractivity contribution >= 4 is 21.6 Å². The lowest BCUT2D eigenvalue weighted by Crippen LogP contribution is -2.40. The van der Waals surface area contributed by atoms with E-state index < -0.39 is 15.6 Å². The minimum atomic E-state index is -3.59. The van der Waals surface area contributed by atoms with Crippen LogP contribution in [0.15, 0.2) is 29.2 Å². The fourth-order valence-corrected chi connectivity index (χ4v) is 3.59. The first-order chi connectivity index (χ1) is 9.58. The lowest BCUT2D eigenvalue weighted by atomic mass is 10.1. The highest BCUT2D eigenvalue weighted by molar-refractivity contribution is 7.89. The first-order valence-corrected chi connectivity index (χ1v) is 8.52. The summed E-state index contributed by atoms with van der Waals surface area (Å²) in [6.45, 7) is 7.37. The molecule has 1 aliphatic carbocycles. The van der Waals surface area contributed by atoms with E-state index in [0.717, 1.165) is 6.42 Å². The lowest BCUT2D eigenvalue weighted by Gasteiger charge is -2.20.